The third-order valence-corrected chi connectivity index (χ3v) is 4.91. The zero-order valence-corrected chi connectivity index (χ0v) is 13.5. The van der Waals surface area contributed by atoms with E-state index < -0.39 is 0 Å². The smallest absolute Gasteiger partial charge is 0.260 e. The molecule has 106 valence electrons. The van der Waals surface area contributed by atoms with Crippen molar-refractivity contribution in [2.75, 3.05) is 5.32 Å². The Hall–Kier alpha value is -1.47. The van der Waals surface area contributed by atoms with Crippen LogP contribution in [0.2, 0.25) is 10.2 Å². The van der Waals surface area contributed by atoms with E-state index in [-0.39, 0.29) is 11.1 Å². The molecule has 0 bridgehead atoms. The van der Waals surface area contributed by atoms with Gasteiger partial charge in [0.25, 0.3) is 5.91 Å². The number of hydrogen-bond acceptors (Lipinski definition) is 5. The lowest BCUT2D eigenvalue weighted by Crippen LogP contribution is -2.12. The Kier molecular flexibility index (Phi) is 4.21. The van der Waals surface area contributed by atoms with Gasteiger partial charge in [-0.3, -0.25) is 10.1 Å². The fraction of sp³-hybridized carbons (Fsp3) is 0. The summed E-state index contributed by atoms with van der Waals surface area (Å²) in [7, 11) is 0. The lowest BCUT2D eigenvalue weighted by Gasteiger charge is -2.02. The Morgan fingerprint density at radius 2 is 2.10 bits per heavy atom. The molecule has 0 aliphatic heterocycles. The van der Waals surface area contributed by atoms with Gasteiger partial charge in [0, 0.05) is 17.0 Å². The Bertz CT molecular complexity index is 800. The summed E-state index contributed by atoms with van der Waals surface area (Å²) in [6.07, 6.45) is 1.53. The van der Waals surface area contributed by atoms with Gasteiger partial charge in [-0.25, -0.2) is 9.97 Å². The molecule has 0 fully saturated rings. The predicted octanol–water partition coefficient (Wildman–Crippen LogP) is 4.83. The highest BCUT2D eigenvalue weighted by molar-refractivity contribution is 7.16. The van der Waals surface area contributed by atoms with Crippen LogP contribution in [-0.2, 0) is 0 Å². The maximum atomic E-state index is 12.1. The van der Waals surface area contributed by atoms with Crippen LogP contribution >= 0.6 is 45.9 Å². The molecule has 1 amide bonds. The van der Waals surface area contributed by atoms with E-state index in [0.29, 0.717) is 15.7 Å². The Morgan fingerprint density at radius 1 is 1.24 bits per heavy atom. The van der Waals surface area contributed by atoms with Gasteiger partial charge in [0.1, 0.15) is 5.15 Å². The fourth-order valence-electron chi connectivity index (χ4n) is 1.61. The molecule has 0 saturated carbocycles. The number of thiophene rings is 1. The lowest BCUT2D eigenvalue weighted by molar-refractivity contribution is 0.102. The third-order valence-electron chi connectivity index (χ3n) is 2.55. The normalized spacial score (nSPS) is 10.6. The first-order valence-electron chi connectivity index (χ1n) is 5.75. The van der Waals surface area contributed by atoms with Crippen LogP contribution in [0.1, 0.15) is 10.4 Å². The van der Waals surface area contributed by atoms with Crippen molar-refractivity contribution in [1.29, 1.82) is 0 Å². The van der Waals surface area contributed by atoms with Gasteiger partial charge in [-0.05, 0) is 18.2 Å². The fourth-order valence-corrected chi connectivity index (χ4v) is 3.63. The van der Waals surface area contributed by atoms with Crippen molar-refractivity contribution >= 4 is 56.9 Å². The third kappa shape index (κ3) is 3.24. The second-order valence-corrected chi connectivity index (χ2v) is 6.53. The second-order valence-electron chi connectivity index (χ2n) is 3.96. The molecular formula is C13H7Cl2N3OS2. The number of rotatable bonds is 3. The summed E-state index contributed by atoms with van der Waals surface area (Å²) in [6.45, 7) is 0. The van der Waals surface area contributed by atoms with Crippen LogP contribution in [0, 0.1) is 0 Å². The van der Waals surface area contributed by atoms with Crippen LogP contribution in [0.3, 0.4) is 0 Å². The number of hydrogen-bond donors (Lipinski definition) is 1. The van der Waals surface area contributed by atoms with E-state index in [1.807, 2.05) is 16.8 Å². The minimum atomic E-state index is -0.335. The van der Waals surface area contributed by atoms with Crippen molar-refractivity contribution in [3.8, 4) is 10.6 Å². The van der Waals surface area contributed by atoms with E-state index in [4.69, 9.17) is 23.2 Å². The largest absolute Gasteiger partial charge is 0.298 e. The summed E-state index contributed by atoms with van der Waals surface area (Å²) < 4.78 is 0. The minimum Gasteiger partial charge on any atom is -0.298 e. The van der Waals surface area contributed by atoms with Crippen molar-refractivity contribution < 1.29 is 4.79 Å². The Labute approximate surface area is 138 Å². The van der Waals surface area contributed by atoms with Gasteiger partial charge in [-0.15, -0.1) is 22.7 Å². The summed E-state index contributed by atoms with van der Waals surface area (Å²) in [5.41, 5.74) is 1.10. The quantitative estimate of drug-likeness (QED) is 0.684. The molecular weight excluding hydrogens is 349 g/mol. The average Bonchev–Trinajstić information content (AvgIpc) is 3.08. The molecule has 0 aliphatic rings. The van der Waals surface area contributed by atoms with E-state index in [2.05, 4.69) is 15.3 Å². The van der Waals surface area contributed by atoms with Gasteiger partial charge in [-0.1, -0.05) is 23.2 Å². The molecule has 3 aromatic rings. The van der Waals surface area contributed by atoms with E-state index in [0.717, 1.165) is 10.6 Å². The highest BCUT2D eigenvalue weighted by Crippen LogP contribution is 2.32. The number of anilines is 1. The van der Waals surface area contributed by atoms with Crippen molar-refractivity contribution in [1.82, 2.24) is 9.97 Å². The Morgan fingerprint density at radius 3 is 2.81 bits per heavy atom. The molecule has 0 spiro atoms. The van der Waals surface area contributed by atoms with Crippen LogP contribution in [0.4, 0.5) is 5.13 Å². The van der Waals surface area contributed by atoms with Crippen LogP contribution in [0.5, 0.6) is 0 Å². The molecule has 1 N–H and O–H groups in total. The molecule has 3 aromatic heterocycles. The number of carbonyl (C=O) groups excluding carboxylic acids is 1. The standard InChI is InChI=1S/C13H7Cl2N3OS2/c14-7-4-10(20-5-7)9-6-21-13(17-9)18-12(19)8-2-1-3-16-11(8)15/h1-6H,(H,17,18,19). The van der Waals surface area contributed by atoms with Crippen molar-refractivity contribution in [2.45, 2.75) is 0 Å². The number of halogens is 2. The van der Waals surface area contributed by atoms with Gasteiger partial charge in [-0.2, -0.15) is 0 Å². The monoisotopic (exact) mass is 355 g/mol. The van der Waals surface area contributed by atoms with Crippen LogP contribution in [-0.4, -0.2) is 15.9 Å². The summed E-state index contributed by atoms with van der Waals surface area (Å²) in [5.74, 6) is -0.335. The molecule has 8 heteroatoms. The van der Waals surface area contributed by atoms with Crippen LogP contribution in [0.25, 0.3) is 10.6 Å². The number of nitrogens with zero attached hydrogens (tertiary/aromatic N) is 2. The molecule has 0 radical (unpaired) electrons. The maximum Gasteiger partial charge on any atom is 0.260 e. The lowest BCUT2D eigenvalue weighted by atomic mass is 10.3. The van der Waals surface area contributed by atoms with Crippen LogP contribution < -0.4 is 5.32 Å². The molecule has 0 aromatic carbocycles. The van der Waals surface area contributed by atoms with Crippen LogP contribution in [0.15, 0.2) is 35.2 Å². The van der Waals surface area contributed by atoms with Gasteiger partial charge in [0.2, 0.25) is 0 Å². The van der Waals surface area contributed by atoms with E-state index >= 15 is 0 Å². The van der Waals surface area contributed by atoms with Gasteiger partial charge < -0.3 is 0 Å². The molecule has 0 saturated heterocycles. The molecule has 0 unspecified atom stereocenters. The molecule has 0 aliphatic carbocycles. The number of amides is 1. The molecule has 3 heterocycles. The Balaban J connectivity index is 1.79. The average molecular weight is 356 g/mol. The van der Waals surface area contributed by atoms with Gasteiger partial charge >= 0.3 is 0 Å². The van der Waals surface area contributed by atoms with E-state index in [1.54, 1.807) is 12.1 Å². The number of thiazole rings is 1. The minimum absolute atomic E-state index is 0.164. The van der Waals surface area contributed by atoms with Gasteiger partial charge in [0.15, 0.2) is 5.13 Å². The molecule has 21 heavy (non-hydrogen) atoms. The molecule has 4 nitrogen and oxygen atoms in total. The summed E-state index contributed by atoms with van der Waals surface area (Å²) in [5, 5.41) is 7.75. The van der Waals surface area contributed by atoms with E-state index in [9.17, 15) is 4.79 Å². The second kappa shape index (κ2) is 6.11. The first kappa shape index (κ1) is 14.5. The SMILES string of the molecule is O=C(Nc1nc(-c2cc(Cl)cs2)cs1)c1cccnc1Cl. The zero-order valence-electron chi connectivity index (χ0n) is 10.3. The predicted molar refractivity (Wildman–Crippen MR) is 87.6 cm³/mol. The molecule has 0 atom stereocenters. The number of aromatic nitrogens is 2. The summed E-state index contributed by atoms with van der Waals surface area (Å²) in [4.78, 5) is 21.3. The maximum absolute atomic E-state index is 12.1. The van der Waals surface area contributed by atoms with E-state index in [1.165, 1.54) is 28.9 Å². The summed E-state index contributed by atoms with van der Waals surface area (Å²) in [6, 6.07) is 5.10. The molecule has 3 rings (SSSR count). The van der Waals surface area contributed by atoms with Crippen molar-refractivity contribution in [2.24, 2.45) is 0 Å². The highest BCUT2D eigenvalue weighted by atomic mass is 35.5. The number of pyridine rings is 1. The van der Waals surface area contributed by atoms with Crippen molar-refractivity contribution in [3.05, 3.63) is 50.9 Å². The van der Waals surface area contributed by atoms with Crippen molar-refractivity contribution in [3.63, 3.8) is 0 Å². The zero-order chi connectivity index (χ0) is 14.8. The first-order valence-corrected chi connectivity index (χ1v) is 8.27. The number of nitrogens with one attached hydrogen (secondary N) is 1. The summed E-state index contributed by atoms with van der Waals surface area (Å²) >= 11 is 14.6. The number of carbonyl (C=O) groups is 1. The first-order chi connectivity index (χ1) is 10.1. The highest BCUT2D eigenvalue weighted by Gasteiger charge is 2.13. The van der Waals surface area contributed by atoms with Gasteiger partial charge in [0.05, 0.1) is 21.2 Å². The topological polar surface area (TPSA) is 54.9 Å².